The van der Waals surface area contributed by atoms with Crippen molar-refractivity contribution in [2.45, 2.75) is 0 Å². The number of para-hydroxylation sites is 3. The van der Waals surface area contributed by atoms with Gasteiger partial charge in [0.05, 0.1) is 51.0 Å². The summed E-state index contributed by atoms with van der Waals surface area (Å²) in [6.45, 7) is 0. The average molecular weight is 678 g/mol. The van der Waals surface area contributed by atoms with Crippen LogP contribution in [0.1, 0.15) is 0 Å². The standard InChI is InChI=1S/C48H31N5/c1-3-16-45-39(12-1)48(47-31-51-42-15-2-4-17-46(42)53(45)47)37-11-9-10-36(28-37)44-30-38(32-18-20-33(21-19-32)40-13-5-7-26-49-40)29-43(52-44)35-24-22-34(23-25-35)41-14-6-8-27-50-41/h1-31H. The first kappa shape index (κ1) is 30.6. The number of hydrogen-bond donors (Lipinski definition) is 0. The molecule has 5 heteroatoms. The first-order valence-corrected chi connectivity index (χ1v) is 17.7. The monoisotopic (exact) mass is 677 g/mol. The van der Waals surface area contributed by atoms with Crippen molar-refractivity contribution in [3.05, 3.63) is 188 Å². The molecule has 0 saturated carbocycles. The molecule has 0 aliphatic carbocycles. The Balaban J connectivity index is 1.12. The van der Waals surface area contributed by atoms with Crippen molar-refractivity contribution in [1.29, 1.82) is 0 Å². The van der Waals surface area contributed by atoms with Crippen LogP contribution in [0.25, 0.3) is 94.7 Å². The quantitative estimate of drug-likeness (QED) is 0.176. The summed E-state index contributed by atoms with van der Waals surface area (Å²) in [7, 11) is 0. The van der Waals surface area contributed by atoms with Crippen LogP contribution in [0.4, 0.5) is 0 Å². The van der Waals surface area contributed by atoms with Gasteiger partial charge >= 0.3 is 0 Å². The van der Waals surface area contributed by atoms with Crippen molar-refractivity contribution in [2.24, 2.45) is 0 Å². The second-order valence-electron chi connectivity index (χ2n) is 13.2. The zero-order chi connectivity index (χ0) is 35.1. The number of rotatable bonds is 6. The van der Waals surface area contributed by atoms with Crippen molar-refractivity contribution < 1.29 is 0 Å². The molecule has 0 radical (unpaired) electrons. The highest BCUT2D eigenvalue weighted by Crippen LogP contribution is 2.39. The minimum Gasteiger partial charge on any atom is -0.306 e. The predicted octanol–water partition coefficient (Wildman–Crippen LogP) is 11.8. The van der Waals surface area contributed by atoms with Gasteiger partial charge in [-0.05, 0) is 77.4 Å². The Morgan fingerprint density at radius 1 is 0.340 bits per heavy atom. The van der Waals surface area contributed by atoms with Crippen molar-refractivity contribution in [3.63, 3.8) is 0 Å². The molecule has 5 nitrogen and oxygen atoms in total. The third-order valence-electron chi connectivity index (χ3n) is 9.95. The maximum Gasteiger partial charge on any atom is 0.0871 e. The fraction of sp³-hybridized carbons (Fsp3) is 0. The molecule has 5 aromatic carbocycles. The van der Waals surface area contributed by atoms with Gasteiger partial charge in [0.2, 0.25) is 0 Å². The van der Waals surface area contributed by atoms with E-state index in [9.17, 15) is 0 Å². The summed E-state index contributed by atoms with van der Waals surface area (Å²) in [6, 6.07) is 59.2. The van der Waals surface area contributed by atoms with Crippen LogP contribution in [0, 0.1) is 0 Å². The van der Waals surface area contributed by atoms with Gasteiger partial charge in [0.25, 0.3) is 0 Å². The molecule has 5 heterocycles. The maximum absolute atomic E-state index is 5.31. The van der Waals surface area contributed by atoms with Crippen molar-refractivity contribution >= 4 is 27.5 Å². The van der Waals surface area contributed by atoms with Gasteiger partial charge in [-0.1, -0.05) is 109 Å². The molecule has 5 aromatic heterocycles. The second-order valence-corrected chi connectivity index (χ2v) is 13.2. The second kappa shape index (κ2) is 12.8. The van der Waals surface area contributed by atoms with E-state index in [1.165, 1.54) is 5.39 Å². The molecule has 0 unspecified atom stereocenters. The normalized spacial score (nSPS) is 11.4. The summed E-state index contributed by atoms with van der Waals surface area (Å²) in [6.07, 6.45) is 5.66. The van der Waals surface area contributed by atoms with Gasteiger partial charge in [-0.25, -0.2) is 4.98 Å². The van der Waals surface area contributed by atoms with Crippen LogP contribution in [0.5, 0.6) is 0 Å². The van der Waals surface area contributed by atoms with Gasteiger partial charge in [-0.15, -0.1) is 0 Å². The number of hydrogen-bond acceptors (Lipinski definition) is 4. The molecule has 0 aliphatic heterocycles. The summed E-state index contributed by atoms with van der Waals surface area (Å²) >= 11 is 0. The van der Waals surface area contributed by atoms with E-state index in [1.54, 1.807) is 0 Å². The largest absolute Gasteiger partial charge is 0.306 e. The van der Waals surface area contributed by atoms with E-state index < -0.39 is 0 Å². The zero-order valence-electron chi connectivity index (χ0n) is 28.6. The number of aromatic nitrogens is 5. The molecule has 0 fully saturated rings. The minimum atomic E-state index is 0.901. The van der Waals surface area contributed by atoms with Gasteiger partial charge in [-0.2, -0.15) is 0 Å². The van der Waals surface area contributed by atoms with Crippen LogP contribution in [0.15, 0.2) is 188 Å². The average Bonchev–Trinajstić information content (AvgIpc) is 3.59. The molecule has 0 amide bonds. The van der Waals surface area contributed by atoms with E-state index >= 15 is 0 Å². The van der Waals surface area contributed by atoms with Crippen molar-refractivity contribution in [1.82, 2.24) is 24.3 Å². The predicted molar refractivity (Wildman–Crippen MR) is 216 cm³/mol. The summed E-state index contributed by atoms with van der Waals surface area (Å²) < 4.78 is 2.33. The third kappa shape index (κ3) is 5.52. The topological polar surface area (TPSA) is 56.0 Å². The van der Waals surface area contributed by atoms with Crippen LogP contribution >= 0.6 is 0 Å². The Kier molecular flexibility index (Phi) is 7.40. The molecule has 248 valence electrons. The lowest BCUT2D eigenvalue weighted by atomic mass is 9.96. The molecule has 0 atom stereocenters. The summed E-state index contributed by atoms with van der Waals surface area (Å²) in [5.74, 6) is 0. The minimum absolute atomic E-state index is 0.901. The number of fused-ring (bicyclic) bond motifs is 5. The molecule has 53 heavy (non-hydrogen) atoms. The van der Waals surface area contributed by atoms with E-state index in [-0.39, 0.29) is 0 Å². The van der Waals surface area contributed by atoms with Gasteiger partial charge in [-0.3, -0.25) is 15.0 Å². The lowest BCUT2D eigenvalue weighted by Gasteiger charge is -2.12. The Morgan fingerprint density at radius 2 is 0.906 bits per heavy atom. The first-order chi connectivity index (χ1) is 26.3. The summed E-state index contributed by atoms with van der Waals surface area (Å²) in [5.41, 5.74) is 16.7. The highest BCUT2D eigenvalue weighted by Gasteiger charge is 2.17. The van der Waals surface area contributed by atoms with Crippen LogP contribution in [0.3, 0.4) is 0 Å². The molecular formula is C48H31N5. The number of benzene rings is 5. The van der Waals surface area contributed by atoms with Gasteiger partial charge in [0, 0.05) is 45.6 Å². The van der Waals surface area contributed by atoms with Crippen LogP contribution < -0.4 is 0 Å². The third-order valence-corrected chi connectivity index (χ3v) is 9.95. The fourth-order valence-corrected chi connectivity index (χ4v) is 7.38. The van der Waals surface area contributed by atoms with Crippen LogP contribution in [-0.2, 0) is 0 Å². The lowest BCUT2D eigenvalue weighted by molar-refractivity contribution is 1.27. The molecule has 10 rings (SSSR count). The summed E-state index contributed by atoms with van der Waals surface area (Å²) in [5, 5.41) is 1.19. The lowest BCUT2D eigenvalue weighted by Crippen LogP contribution is -1.93. The van der Waals surface area contributed by atoms with E-state index in [1.807, 2.05) is 61.1 Å². The van der Waals surface area contributed by atoms with E-state index in [4.69, 9.17) is 9.97 Å². The zero-order valence-corrected chi connectivity index (χ0v) is 28.6. The number of pyridine rings is 3. The molecule has 0 saturated heterocycles. The highest BCUT2D eigenvalue weighted by atomic mass is 14.9. The Morgan fingerprint density at radius 3 is 1.58 bits per heavy atom. The smallest absolute Gasteiger partial charge is 0.0871 e. The number of nitrogens with zero attached hydrogens (tertiary/aromatic N) is 5. The maximum atomic E-state index is 5.31. The van der Waals surface area contributed by atoms with Gasteiger partial charge in [0.15, 0.2) is 0 Å². The molecule has 0 spiro atoms. The van der Waals surface area contributed by atoms with Crippen molar-refractivity contribution in [2.75, 3.05) is 0 Å². The van der Waals surface area contributed by atoms with Gasteiger partial charge < -0.3 is 4.40 Å². The molecule has 0 bridgehead atoms. The molecule has 0 N–H and O–H groups in total. The summed E-state index contributed by atoms with van der Waals surface area (Å²) in [4.78, 5) is 19.3. The Labute approximate surface area is 306 Å². The molecule has 0 aliphatic rings. The highest BCUT2D eigenvalue weighted by molar-refractivity contribution is 6.08. The van der Waals surface area contributed by atoms with Crippen molar-refractivity contribution in [3.8, 4) is 67.3 Å². The van der Waals surface area contributed by atoms with Crippen LogP contribution in [-0.4, -0.2) is 24.3 Å². The van der Waals surface area contributed by atoms with Crippen LogP contribution in [0.2, 0.25) is 0 Å². The Hall–Kier alpha value is -7.24. The van der Waals surface area contributed by atoms with E-state index in [2.05, 4.69) is 142 Å². The first-order valence-electron chi connectivity index (χ1n) is 17.7. The molecular weight excluding hydrogens is 647 g/mol. The molecule has 10 aromatic rings. The van der Waals surface area contributed by atoms with E-state index in [0.29, 0.717) is 0 Å². The fourth-order valence-electron chi connectivity index (χ4n) is 7.38. The van der Waals surface area contributed by atoms with E-state index in [0.717, 1.165) is 89.4 Å². The SMILES string of the molecule is c1ccc(-c2ccc(-c3cc(-c4ccc(-c5ccccn5)cc4)nc(-c4cccc(-c5c6ccccc6n6c5cnc5ccccc56)c4)c3)cc2)nc1. The van der Waals surface area contributed by atoms with Gasteiger partial charge in [0.1, 0.15) is 0 Å². The Bertz CT molecular complexity index is 2810.